The van der Waals surface area contributed by atoms with Crippen molar-refractivity contribution in [3.05, 3.63) is 17.7 Å². The molecule has 4 nitrogen and oxygen atoms in total. The van der Waals surface area contributed by atoms with Crippen LogP contribution in [-0.4, -0.2) is 28.7 Å². The summed E-state index contributed by atoms with van der Waals surface area (Å²) in [6.07, 6.45) is 6.47. The highest BCUT2D eigenvalue weighted by Crippen LogP contribution is 2.43. The fourth-order valence-corrected chi connectivity index (χ4v) is 2.84. The van der Waals surface area contributed by atoms with Crippen LogP contribution in [0, 0.1) is 0 Å². The van der Waals surface area contributed by atoms with Crippen molar-refractivity contribution in [2.75, 3.05) is 6.54 Å². The standard InChI is InChI=1S/C12H19N3O/c1-2-13-6-8-7-14-12(15-8)10-5-9-3-4-11(10)16-9/h7,9-11,13H,2-6H2,1H3,(H,14,15). The molecule has 0 amide bonds. The lowest BCUT2D eigenvalue weighted by Gasteiger charge is -2.15. The number of fused-ring (bicyclic) bond motifs is 2. The molecule has 0 spiro atoms. The van der Waals surface area contributed by atoms with Gasteiger partial charge in [0.2, 0.25) is 0 Å². The van der Waals surface area contributed by atoms with Crippen LogP contribution in [0.3, 0.4) is 0 Å². The van der Waals surface area contributed by atoms with Crippen molar-refractivity contribution in [3.8, 4) is 0 Å². The maximum atomic E-state index is 5.85. The van der Waals surface area contributed by atoms with Gasteiger partial charge in [-0.25, -0.2) is 4.98 Å². The Balaban J connectivity index is 1.68. The minimum absolute atomic E-state index is 0.420. The van der Waals surface area contributed by atoms with Crippen LogP contribution in [-0.2, 0) is 11.3 Å². The first-order valence-electron chi connectivity index (χ1n) is 6.26. The van der Waals surface area contributed by atoms with E-state index in [1.54, 1.807) is 0 Å². The SMILES string of the molecule is CCNCc1cnc(C2CC3CCC2O3)[nH]1. The first-order valence-corrected chi connectivity index (χ1v) is 6.26. The highest BCUT2D eigenvalue weighted by Gasteiger charge is 2.42. The van der Waals surface area contributed by atoms with Crippen LogP contribution >= 0.6 is 0 Å². The van der Waals surface area contributed by atoms with Gasteiger partial charge in [-0.1, -0.05) is 6.92 Å². The number of nitrogens with zero attached hydrogens (tertiary/aromatic N) is 1. The van der Waals surface area contributed by atoms with Crippen molar-refractivity contribution in [2.24, 2.45) is 0 Å². The fraction of sp³-hybridized carbons (Fsp3) is 0.750. The third-order valence-electron chi connectivity index (χ3n) is 3.67. The molecule has 3 rings (SSSR count). The van der Waals surface area contributed by atoms with Crippen LogP contribution in [0.2, 0.25) is 0 Å². The van der Waals surface area contributed by atoms with Gasteiger partial charge in [0, 0.05) is 24.4 Å². The Morgan fingerprint density at radius 2 is 2.50 bits per heavy atom. The number of hydrogen-bond donors (Lipinski definition) is 2. The highest BCUT2D eigenvalue weighted by molar-refractivity contribution is 5.11. The molecule has 2 aliphatic heterocycles. The highest BCUT2D eigenvalue weighted by atomic mass is 16.5. The number of rotatable bonds is 4. The number of aromatic amines is 1. The smallest absolute Gasteiger partial charge is 0.112 e. The molecule has 3 heterocycles. The molecule has 1 aromatic rings. The molecule has 88 valence electrons. The molecule has 2 aliphatic rings. The number of ether oxygens (including phenoxy) is 1. The largest absolute Gasteiger partial charge is 0.374 e. The van der Waals surface area contributed by atoms with Crippen LogP contribution in [0.25, 0.3) is 0 Å². The average Bonchev–Trinajstić information content (AvgIpc) is 3.01. The summed E-state index contributed by atoms with van der Waals surface area (Å²) in [6.45, 7) is 3.98. The molecule has 3 atom stereocenters. The molecule has 1 aromatic heterocycles. The first kappa shape index (κ1) is 10.3. The van der Waals surface area contributed by atoms with Crippen LogP contribution in [0.5, 0.6) is 0 Å². The van der Waals surface area contributed by atoms with Gasteiger partial charge in [-0.15, -0.1) is 0 Å². The van der Waals surface area contributed by atoms with Crippen molar-refractivity contribution in [1.29, 1.82) is 0 Å². The van der Waals surface area contributed by atoms with Crippen molar-refractivity contribution < 1.29 is 4.74 Å². The third-order valence-corrected chi connectivity index (χ3v) is 3.67. The minimum atomic E-state index is 0.420. The molecule has 3 unspecified atom stereocenters. The molecule has 2 bridgehead atoms. The quantitative estimate of drug-likeness (QED) is 0.811. The second-order valence-corrected chi connectivity index (χ2v) is 4.79. The Hall–Kier alpha value is -0.870. The summed E-state index contributed by atoms with van der Waals surface area (Å²) in [4.78, 5) is 7.92. The topological polar surface area (TPSA) is 49.9 Å². The molecule has 0 aliphatic carbocycles. The zero-order chi connectivity index (χ0) is 11.0. The van der Waals surface area contributed by atoms with Gasteiger partial charge < -0.3 is 15.0 Å². The van der Waals surface area contributed by atoms with Gasteiger partial charge in [0.25, 0.3) is 0 Å². The van der Waals surface area contributed by atoms with E-state index in [4.69, 9.17) is 4.74 Å². The fourth-order valence-electron chi connectivity index (χ4n) is 2.84. The van der Waals surface area contributed by atoms with E-state index in [1.807, 2.05) is 6.20 Å². The van der Waals surface area contributed by atoms with Gasteiger partial charge in [-0.2, -0.15) is 0 Å². The van der Waals surface area contributed by atoms with E-state index in [9.17, 15) is 0 Å². The number of imidazole rings is 1. The number of aromatic nitrogens is 2. The Labute approximate surface area is 95.8 Å². The molecule has 4 heteroatoms. The summed E-state index contributed by atoms with van der Waals surface area (Å²) < 4.78 is 5.85. The van der Waals surface area contributed by atoms with E-state index < -0.39 is 0 Å². The lowest BCUT2D eigenvalue weighted by atomic mass is 9.89. The monoisotopic (exact) mass is 221 g/mol. The van der Waals surface area contributed by atoms with E-state index in [0.717, 1.165) is 25.3 Å². The van der Waals surface area contributed by atoms with Gasteiger partial charge in [-0.3, -0.25) is 0 Å². The van der Waals surface area contributed by atoms with Gasteiger partial charge in [0.1, 0.15) is 5.82 Å². The molecular formula is C12H19N3O. The predicted octanol–water partition coefficient (Wildman–Crippen LogP) is 1.55. The lowest BCUT2D eigenvalue weighted by molar-refractivity contribution is 0.0999. The third kappa shape index (κ3) is 1.76. The van der Waals surface area contributed by atoms with Crippen molar-refractivity contribution >= 4 is 0 Å². The minimum Gasteiger partial charge on any atom is -0.374 e. The molecule has 2 saturated heterocycles. The van der Waals surface area contributed by atoms with Crippen LogP contribution in [0.1, 0.15) is 43.6 Å². The number of H-pyrrole nitrogens is 1. The second-order valence-electron chi connectivity index (χ2n) is 4.79. The zero-order valence-corrected chi connectivity index (χ0v) is 9.70. The second kappa shape index (κ2) is 4.18. The number of nitrogens with one attached hydrogen (secondary N) is 2. The van der Waals surface area contributed by atoms with E-state index in [2.05, 4.69) is 22.2 Å². The summed E-state index contributed by atoms with van der Waals surface area (Å²) in [5, 5.41) is 3.30. The zero-order valence-electron chi connectivity index (χ0n) is 9.70. The van der Waals surface area contributed by atoms with Crippen molar-refractivity contribution in [3.63, 3.8) is 0 Å². The molecule has 2 fully saturated rings. The average molecular weight is 221 g/mol. The Kier molecular flexibility index (Phi) is 2.69. The van der Waals surface area contributed by atoms with Crippen molar-refractivity contribution in [1.82, 2.24) is 15.3 Å². The maximum Gasteiger partial charge on any atom is 0.112 e. The number of hydrogen-bond acceptors (Lipinski definition) is 3. The van der Waals surface area contributed by atoms with Crippen LogP contribution < -0.4 is 5.32 Å². The molecule has 0 aromatic carbocycles. The predicted molar refractivity (Wildman–Crippen MR) is 61.2 cm³/mol. The Morgan fingerprint density at radius 3 is 3.19 bits per heavy atom. The van der Waals surface area contributed by atoms with Crippen molar-refractivity contribution in [2.45, 2.75) is 50.9 Å². The molecule has 16 heavy (non-hydrogen) atoms. The lowest BCUT2D eigenvalue weighted by Crippen LogP contribution is -2.16. The maximum absolute atomic E-state index is 5.85. The Bertz CT molecular complexity index is 363. The van der Waals surface area contributed by atoms with Gasteiger partial charge >= 0.3 is 0 Å². The summed E-state index contributed by atoms with van der Waals surface area (Å²) in [5.74, 6) is 1.63. The van der Waals surface area contributed by atoms with E-state index in [1.165, 1.54) is 18.5 Å². The summed E-state index contributed by atoms with van der Waals surface area (Å²) in [5.41, 5.74) is 1.18. The van der Waals surface area contributed by atoms with E-state index in [-0.39, 0.29) is 0 Å². The van der Waals surface area contributed by atoms with Gasteiger partial charge in [0.15, 0.2) is 0 Å². The van der Waals surface area contributed by atoms with E-state index in [0.29, 0.717) is 18.1 Å². The summed E-state index contributed by atoms with van der Waals surface area (Å²) >= 11 is 0. The van der Waals surface area contributed by atoms with Gasteiger partial charge in [-0.05, 0) is 25.8 Å². The normalized spacial score (nSPS) is 32.4. The first-order chi connectivity index (χ1) is 7.86. The van der Waals surface area contributed by atoms with Crippen LogP contribution in [0.4, 0.5) is 0 Å². The molecule has 0 radical (unpaired) electrons. The van der Waals surface area contributed by atoms with Gasteiger partial charge in [0.05, 0.1) is 12.2 Å². The summed E-state index contributed by atoms with van der Waals surface area (Å²) in [7, 11) is 0. The molecule has 2 N–H and O–H groups in total. The Morgan fingerprint density at radius 1 is 1.56 bits per heavy atom. The molecular weight excluding hydrogens is 202 g/mol. The van der Waals surface area contributed by atoms with E-state index >= 15 is 0 Å². The molecule has 0 saturated carbocycles. The van der Waals surface area contributed by atoms with Crippen LogP contribution in [0.15, 0.2) is 6.20 Å². The summed E-state index contributed by atoms with van der Waals surface area (Å²) in [6, 6.07) is 0.